The van der Waals surface area contributed by atoms with Crippen molar-refractivity contribution in [2.45, 2.75) is 6.92 Å². The van der Waals surface area contributed by atoms with Crippen LogP contribution in [0.5, 0.6) is 0 Å². The molecule has 0 unspecified atom stereocenters. The third-order valence-corrected chi connectivity index (χ3v) is 2.07. The second-order valence-corrected chi connectivity index (χ2v) is 3.36. The standard InChI is InChI=1S/C8H5Cl2N3/c1-4-2-5-6(9)12-8(10)13-7(5)11-3-4/h2-3H,1H3. The lowest BCUT2D eigenvalue weighted by Crippen LogP contribution is -1.90. The van der Waals surface area contributed by atoms with Gasteiger partial charge in [0.1, 0.15) is 5.15 Å². The molecule has 0 amide bonds. The molecule has 2 aromatic heterocycles. The summed E-state index contributed by atoms with van der Waals surface area (Å²) < 4.78 is 0. The maximum Gasteiger partial charge on any atom is 0.225 e. The van der Waals surface area contributed by atoms with Gasteiger partial charge in [0.15, 0.2) is 5.65 Å². The van der Waals surface area contributed by atoms with Gasteiger partial charge >= 0.3 is 0 Å². The fraction of sp³-hybridized carbons (Fsp3) is 0.125. The Kier molecular flexibility index (Phi) is 2.06. The number of hydrogen-bond acceptors (Lipinski definition) is 3. The maximum atomic E-state index is 5.86. The molecule has 13 heavy (non-hydrogen) atoms. The molecule has 3 nitrogen and oxygen atoms in total. The van der Waals surface area contributed by atoms with E-state index in [1.165, 1.54) is 0 Å². The number of hydrogen-bond donors (Lipinski definition) is 0. The summed E-state index contributed by atoms with van der Waals surface area (Å²) >= 11 is 11.5. The summed E-state index contributed by atoms with van der Waals surface area (Å²) in [5.41, 5.74) is 1.54. The maximum absolute atomic E-state index is 5.86. The van der Waals surface area contributed by atoms with Gasteiger partial charge in [-0.2, -0.15) is 4.98 Å². The lowest BCUT2D eigenvalue weighted by Gasteiger charge is -1.99. The highest BCUT2D eigenvalue weighted by molar-refractivity contribution is 6.35. The Bertz CT molecular complexity index is 470. The fourth-order valence-electron chi connectivity index (χ4n) is 1.06. The van der Waals surface area contributed by atoms with E-state index in [0.717, 1.165) is 10.9 Å². The van der Waals surface area contributed by atoms with Crippen LogP contribution in [0.2, 0.25) is 10.4 Å². The quantitative estimate of drug-likeness (QED) is 0.499. The highest BCUT2D eigenvalue weighted by Crippen LogP contribution is 2.20. The van der Waals surface area contributed by atoms with Crippen molar-refractivity contribution in [3.8, 4) is 0 Å². The van der Waals surface area contributed by atoms with Crippen molar-refractivity contribution in [1.82, 2.24) is 15.0 Å². The second-order valence-electron chi connectivity index (χ2n) is 2.67. The Hall–Kier alpha value is -0.930. The van der Waals surface area contributed by atoms with Crippen LogP contribution in [0.25, 0.3) is 11.0 Å². The Balaban J connectivity index is 2.87. The van der Waals surface area contributed by atoms with Crippen LogP contribution in [0.3, 0.4) is 0 Å². The lowest BCUT2D eigenvalue weighted by molar-refractivity contribution is 1.17. The van der Waals surface area contributed by atoms with E-state index in [2.05, 4.69) is 15.0 Å². The van der Waals surface area contributed by atoms with Crippen LogP contribution in [0, 0.1) is 6.92 Å². The van der Waals surface area contributed by atoms with Crippen LogP contribution < -0.4 is 0 Å². The number of pyridine rings is 1. The lowest BCUT2D eigenvalue weighted by atomic mass is 10.2. The molecule has 0 fully saturated rings. The molecule has 0 aliphatic heterocycles. The minimum absolute atomic E-state index is 0.119. The van der Waals surface area contributed by atoms with E-state index in [9.17, 15) is 0 Å². The van der Waals surface area contributed by atoms with Crippen LogP contribution in [-0.2, 0) is 0 Å². The molecule has 66 valence electrons. The van der Waals surface area contributed by atoms with E-state index < -0.39 is 0 Å². The van der Waals surface area contributed by atoms with Crippen LogP contribution in [0.15, 0.2) is 12.3 Å². The number of aromatic nitrogens is 3. The zero-order chi connectivity index (χ0) is 9.42. The van der Waals surface area contributed by atoms with E-state index in [1.54, 1.807) is 6.20 Å². The average Bonchev–Trinajstić information content (AvgIpc) is 2.06. The van der Waals surface area contributed by atoms with E-state index in [0.29, 0.717) is 10.8 Å². The molecule has 0 aliphatic carbocycles. The smallest absolute Gasteiger partial charge is 0.225 e. The second kappa shape index (κ2) is 3.09. The Morgan fingerprint density at radius 3 is 2.77 bits per heavy atom. The largest absolute Gasteiger partial charge is 0.236 e. The fourth-order valence-corrected chi connectivity index (χ4v) is 1.48. The first-order valence-electron chi connectivity index (χ1n) is 3.62. The summed E-state index contributed by atoms with van der Waals surface area (Å²) in [5.74, 6) is 0. The van der Waals surface area contributed by atoms with E-state index in [4.69, 9.17) is 23.2 Å². The van der Waals surface area contributed by atoms with Gasteiger partial charge in [-0.1, -0.05) is 11.6 Å². The topological polar surface area (TPSA) is 38.7 Å². The minimum atomic E-state index is 0.119. The van der Waals surface area contributed by atoms with Crippen molar-refractivity contribution in [1.29, 1.82) is 0 Å². The van der Waals surface area contributed by atoms with Crippen molar-refractivity contribution in [3.05, 3.63) is 28.3 Å². The first kappa shape index (κ1) is 8.66. The molecule has 0 saturated heterocycles. The van der Waals surface area contributed by atoms with Gasteiger partial charge in [0, 0.05) is 6.20 Å². The normalized spacial score (nSPS) is 10.7. The van der Waals surface area contributed by atoms with Crippen LogP contribution in [0.1, 0.15) is 5.56 Å². The molecule has 0 aliphatic rings. The highest BCUT2D eigenvalue weighted by Gasteiger charge is 2.04. The molecule has 0 spiro atoms. The molecular weight excluding hydrogens is 209 g/mol. The highest BCUT2D eigenvalue weighted by atomic mass is 35.5. The summed E-state index contributed by atoms with van der Waals surface area (Å²) in [7, 11) is 0. The number of fused-ring (bicyclic) bond motifs is 1. The molecule has 0 bridgehead atoms. The van der Waals surface area contributed by atoms with Crippen molar-refractivity contribution in [2.75, 3.05) is 0 Å². The van der Waals surface area contributed by atoms with Crippen molar-refractivity contribution >= 4 is 34.2 Å². The van der Waals surface area contributed by atoms with Crippen LogP contribution in [-0.4, -0.2) is 15.0 Å². The third kappa shape index (κ3) is 1.57. The summed E-state index contributed by atoms with van der Waals surface area (Å²) in [6.45, 7) is 1.93. The predicted octanol–water partition coefficient (Wildman–Crippen LogP) is 2.64. The predicted molar refractivity (Wildman–Crippen MR) is 52.1 cm³/mol. The number of aryl methyl sites for hydroxylation is 1. The molecule has 2 rings (SSSR count). The molecule has 2 heterocycles. The molecule has 0 atom stereocenters. The Morgan fingerprint density at radius 1 is 1.23 bits per heavy atom. The van der Waals surface area contributed by atoms with Crippen molar-refractivity contribution < 1.29 is 0 Å². The van der Waals surface area contributed by atoms with E-state index >= 15 is 0 Å². The SMILES string of the molecule is Cc1cnc2nc(Cl)nc(Cl)c2c1. The number of nitrogens with zero attached hydrogens (tertiary/aromatic N) is 3. The van der Waals surface area contributed by atoms with Gasteiger partial charge in [-0.05, 0) is 30.2 Å². The monoisotopic (exact) mass is 213 g/mol. The van der Waals surface area contributed by atoms with Gasteiger partial charge < -0.3 is 0 Å². The molecule has 2 aromatic rings. The van der Waals surface area contributed by atoms with Gasteiger partial charge in [0.25, 0.3) is 0 Å². The van der Waals surface area contributed by atoms with Gasteiger partial charge in [0.05, 0.1) is 5.39 Å². The zero-order valence-corrected chi connectivity index (χ0v) is 8.26. The van der Waals surface area contributed by atoms with E-state index in [1.807, 2.05) is 13.0 Å². The summed E-state index contributed by atoms with van der Waals surface area (Å²) in [6.07, 6.45) is 1.71. The van der Waals surface area contributed by atoms with Crippen LogP contribution >= 0.6 is 23.2 Å². The molecule has 0 saturated carbocycles. The Labute approximate surface area is 84.7 Å². The summed E-state index contributed by atoms with van der Waals surface area (Å²) in [4.78, 5) is 11.8. The molecular formula is C8H5Cl2N3. The number of rotatable bonds is 0. The van der Waals surface area contributed by atoms with Crippen LogP contribution in [0.4, 0.5) is 0 Å². The Morgan fingerprint density at radius 2 is 2.00 bits per heavy atom. The first-order chi connectivity index (χ1) is 6.16. The summed E-state index contributed by atoms with van der Waals surface area (Å²) in [5, 5.41) is 1.19. The molecule has 5 heteroatoms. The van der Waals surface area contributed by atoms with Gasteiger partial charge in [-0.15, -0.1) is 0 Å². The third-order valence-electron chi connectivity index (χ3n) is 1.61. The van der Waals surface area contributed by atoms with Gasteiger partial charge in [-0.3, -0.25) is 0 Å². The first-order valence-corrected chi connectivity index (χ1v) is 4.38. The minimum Gasteiger partial charge on any atom is -0.236 e. The van der Waals surface area contributed by atoms with Crippen molar-refractivity contribution in [2.24, 2.45) is 0 Å². The zero-order valence-electron chi connectivity index (χ0n) is 6.75. The molecule has 0 radical (unpaired) electrons. The van der Waals surface area contributed by atoms with E-state index in [-0.39, 0.29) is 5.28 Å². The van der Waals surface area contributed by atoms with Gasteiger partial charge in [0.2, 0.25) is 5.28 Å². The number of halogens is 2. The van der Waals surface area contributed by atoms with Crippen molar-refractivity contribution in [3.63, 3.8) is 0 Å². The summed E-state index contributed by atoms with van der Waals surface area (Å²) in [6, 6.07) is 1.88. The molecule has 0 aromatic carbocycles. The molecule has 0 N–H and O–H groups in total. The average molecular weight is 214 g/mol. The van der Waals surface area contributed by atoms with Gasteiger partial charge in [-0.25, -0.2) is 9.97 Å².